The molecule has 0 aliphatic rings. The van der Waals surface area contributed by atoms with E-state index in [4.69, 9.17) is 23.2 Å². The van der Waals surface area contributed by atoms with Gasteiger partial charge in [0.1, 0.15) is 0 Å². The van der Waals surface area contributed by atoms with Crippen LogP contribution in [0.25, 0.3) is 0 Å². The molecule has 124 valence electrons. The molecule has 2 nitrogen and oxygen atoms in total. The molecule has 0 amide bonds. The molecule has 0 radical (unpaired) electrons. The smallest absolute Gasteiger partial charge is 0.252 e. The second-order valence-corrected chi connectivity index (χ2v) is 4.73. The van der Waals surface area contributed by atoms with Crippen molar-refractivity contribution in [3.63, 3.8) is 0 Å². The summed E-state index contributed by atoms with van der Waals surface area (Å²) in [4.78, 5) is 22.7. The number of hydrogen-bond donors (Lipinski definition) is 0. The van der Waals surface area contributed by atoms with Crippen molar-refractivity contribution in [2.75, 3.05) is 0 Å². The van der Waals surface area contributed by atoms with E-state index in [1.165, 1.54) is 0 Å². The van der Waals surface area contributed by atoms with E-state index in [2.05, 4.69) is 0 Å². The Morgan fingerprint density at radius 1 is 0.696 bits per heavy atom. The van der Waals surface area contributed by atoms with Gasteiger partial charge in [0.15, 0.2) is 0 Å². The van der Waals surface area contributed by atoms with Crippen molar-refractivity contribution in [2.24, 2.45) is 0 Å². The van der Waals surface area contributed by atoms with Crippen LogP contribution in [-0.2, 0) is 6.42 Å². The Hall–Kier alpha value is -1.64. The molecule has 0 aromatic heterocycles. The summed E-state index contributed by atoms with van der Waals surface area (Å²) in [5.74, 6) is 0. The monoisotopic (exact) mass is 352 g/mol. The Morgan fingerprint density at radius 2 is 1.00 bits per heavy atom. The van der Waals surface area contributed by atoms with Crippen LogP contribution in [0.15, 0.2) is 48.5 Å². The molecule has 0 spiro atoms. The van der Waals surface area contributed by atoms with E-state index in [1.54, 1.807) is 24.3 Å². The molecule has 0 heterocycles. The number of halogens is 2. The molecule has 4 heteroatoms. The van der Waals surface area contributed by atoms with Gasteiger partial charge in [-0.05, 0) is 52.9 Å². The summed E-state index contributed by atoms with van der Waals surface area (Å²) in [6.07, 6.45) is 0.434. The summed E-state index contributed by atoms with van der Waals surface area (Å²) in [7, 11) is 0. The number of hydrogen-bond acceptors (Lipinski definition) is 2. The van der Waals surface area contributed by atoms with Crippen LogP contribution in [0.3, 0.4) is 0 Å². The predicted molar refractivity (Wildman–Crippen MR) is 98.8 cm³/mol. The fourth-order valence-corrected chi connectivity index (χ4v) is 2.31. The Kier molecular flexibility index (Phi) is 11.0. The molecule has 2 aromatic rings. The van der Waals surface area contributed by atoms with Gasteiger partial charge in [-0.25, -0.2) is 0 Å². The van der Waals surface area contributed by atoms with Crippen molar-refractivity contribution in [1.29, 1.82) is 0 Å². The first kappa shape index (κ1) is 21.4. The molecular weight excluding hydrogens is 331 g/mol. The Morgan fingerprint density at radius 3 is 1.30 bits per heavy atom. The van der Waals surface area contributed by atoms with Crippen LogP contribution < -0.4 is 0 Å². The van der Waals surface area contributed by atoms with Crippen molar-refractivity contribution in [3.05, 3.63) is 70.8 Å². The first-order chi connectivity index (χ1) is 11.1. The van der Waals surface area contributed by atoms with Crippen LogP contribution in [0, 0.1) is 0 Å². The van der Waals surface area contributed by atoms with Gasteiger partial charge in [0, 0.05) is 11.1 Å². The van der Waals surface area contributed by atoms with Gasteiger partial charge in [-0.3, -0.25) is 9.59 Å². The number of rotatable bonds is 4. The first-order valence-electron chi connectivity index (χ1n) is 7.65. The van der Waals surface area contributed by atoms with Crippen molar-refractivity contribution in [3.8, 4) is 0 Å². The van der Waals surface area contributed by atoms with Gasteiger partial charge >= 0.3 is 0 Å². The largest absolute Gasteiger partial charge is 0.276 e. The number of carbonyl (C=O) groups is 2. The highest BCUT2D eigenvalue weighted by Gasteiger charge is 2.12. The molecule has 0 atom stereocenters. The molecular formula is C19H22Cl2O2. The van der Waals surface area contributed by atoms with Crippen molar-refractivity contribution in [2.45, 2.75) is 34.1 Å². The molecule has 2 aromatic carbocycles. The lowest BCUT2D eigenvalue weighted by atomic mass is 9.97. The molecule has 0 bridgehead atoms. The topological polar surface area (TPSA) is 34.1 Å². The normalized spacial score (nSPS) is 8.96. The average Bonchev–Trinajstić information content (AvgIpc) is 2.59. The van der Waals surface area contributed by atoms with E-state index in [-0.39, 0.29) is 0 Å². The van der Waals surface area contributed by atoms with Crippen molar-refractivity contribution < 1.29 is 9.59 Å². The van der Waals surface area contributed by atoms with Gasteiger partial charge in [-0.15, -0.1) is 0 Å². The molecule has 0 fully saturated rings. The standard InChI is InChI=1S/C15H10Cl2O2.2C2H6/c16-14(18)12-7-3-1-5-10(12)9-11-6-2-4-8-13(11)15(17)19;2*1-2/h1-8H,9H2;2*1-2H3. The molecule has 23 heavy (non-hydrogen) atoms. The Balaban J connectivity index is 0.00000112. The highest BCUT2D eigenvalue weighted by molar-refractivity contribution is 6.68. The minimum Gasteiger partial charge on any atom is -0.276 e. The molecule has 0 saturated carbocycles. The second kappa shape index (κ2) is 11.9. The summed E-state index contributed by atoms with van der Waals surface area (Å²) >= 11 is 11.1. The molecule has 0 N–H and O–H groups in total. The minimum absolute atomic E-state index is 0.434. The molecule has 0 unspecified atom stereocenters. The summed E-state index contributed by atoms with van der Waals surface area (Å²) < 4.78 is 0. The van der Waals surface area contributed by atoms with E-state index in [1.807, 2.05) is 52.0 Å². The minimum atomic E-state index is -0.509. The zero-order valence-corrected chi connectivity index (χ0v) is 15.4. The van der Waals surface area contributed by atoms with Gasteiger partial charge in [0.2, 0.25) is 0 Å². The maximum absolute atomic E-state index is 11.3. The zero-order valence-electron chi connectivity index (χ0n) is 13.9. The SMILES string of the molecule is CC.CC.O=C(Cl)c1ccccc1Cc1ccccc1C(=O)Cl. The second-order valence-electron chi connectivity index (χ2n) is 4.04. The first-order valence-corrected chi connectivity index (χ1v) is 8.40. The molecule has 0 aliphatic carbocycles. The lowest BCUT2D eigenvalue weighted by Gasteiger charge is -2.08. The summed E-state index contributed by atoms with van der Waals surface area (Å²) in [5.41, 5.74) is 2.43. The lowest BCUT2D eigenvalue weighted by Crippen LogP contribution is -2.02. The van der Waals surface area contributed by atoms with Gasteiger partial charge in [-0.1, -0.05) is 64.1 Å². The third-order valence-electron chi connectivity index (χ3n) is 2.84. The van der Waals surface area contributed by atoms with E-state index >= 15 is 0 Å². The summed E-state index contributed by atoms with van der Waals surface area (Å²) in [5, 5.41) is -1.02. The van der Waals surface area contributed by atoms with Crippen molar-refractivity contribution in [1.82, 2.24) is 0 Å². The fourth-order valence-electron chi connectivity index (χ4n) is 1.94. The van der Waals surface area contributed by atoms with Crippen LogP contribution in [0.1, 0.15) is 59.5 Å². The van der Waals surface area contributed by atoms with Gasteiger partial charge < -0.3 is 0 Å². The van der Waals surface area contributed by atoms with Crippen LogP contribution in [0.2, 0.25) is 0 Å². The van der Waals surface area contributed by atoms with Gasteiger partial charge in [0.25, 0.3) is 10.5 Å². The van der Waals surface area contributed by atoms with E-state index in [9.17, 15) is 9.59 Å². The molecule has 0 saturated heterocycles. The third kappa shape index (κ3) is 6.55. The summed E-state index contributed by atoms with van der Waals surface area (Å²) in [6.45, 7) is 8.00. The number of carbonyl (C=O) groups excluding carboxylic acids is 2. The summed E-state index contributed by atoms with van der Waals surface area (Å²) in [6, 6.07) is 14.1. The van der Waals surface area contributed by atoms with E-state index < -0.39 is 10.5 Å². The van der Waals surface area contributed by atoms with Crippen molar-refractivity contribution >= 4 is 33.7 Å². The molecule has 2 rings (SSSR count). The highest BCUT2D eigenvalue weighted by Crippen LogP contribution is 2.20. The Labute approximate surface area is 148 Å². The molecule has 0 aliphatic heterocycles. The van der Waals surface area contributed by atoms with Crippen LogP contribution >= 0.6 is 23.2 Å². The zero-order chi connectivity index (χ0) is 17.8. The number of benzene rings is 2. The van der Waals surface area contributed by atoms with Crippen LogP contribution in [0.5, 0.6) is 0 Å². The maximum atomic E-state index is 11.3. The van der Waals surface area contributed by atoms with Crippen LogP contribution in [0.4, 0.5) is 0 Å². The Bertz CT molecular complexity index is 581. The highest BCUT2D eigenvalue weighted by atomic mass is 35.5. The van der Waals surface area contributed by atoms with Crippen LogP contribution in [-0.4, -0.2) is 10.5 Å². The van der Waals surface area contributed by atoms with Gasteiger partial charge in [-0.2, -0.15) is 0 Å². The lowest BCUT2D eigenvalue weighted by molar-refractivity contribution is 0.107. The van der Waals surface area contributed by atoms with E-state index in [0.717, 1.165) is 11.1 Å². The third-order valence-corrected chi connectivity index (χ3v) is 3.25. The van der Waals surface area contributed by atoms with Gasteiger partial charge in [0.05, 0.1) is 0 Å². The predicted octanol–water partition coefficient (Wildman–Crippen LogP) is 6.09. The maximum Gasteiger partial charge on any atom is 0.252 e. The average molecular weight is 353 g/mol. The quantitative estimate of drug-likeness (QED) is 0.624. The van der Waals surface area contributed by atoms with E-state index in [0.29, 0.717) is 17.5 Å². The fraction of sp³-hybridized carbons (Fsp3) is 0.263.